The molecule has 0 bridgehead atoms. The molecular formula is C21H21ClN4O3. The van der Waals surface area contributed by atoms with E-state index in [0.29, 0.717) is 34.7 Å². The van der Waals surface area contributed by atoms with Gasteiger partial charge in [0.15, 0.2) is 0 Å². The monoisotopic (exact) mass is 412 g/mol. The van der Waals surface area contributed by atoms with E-state index in [1.165, 1.54) is 0 Å². The molecule has 1 fully saturated rings. The van der Waals surface area contributed by atoms with Crippen molar-refractivity contribution >= 4 is 23.3 Å². The van der Waals surface area contributed by atoms with Gasteiger partial charge in [0.05, 0.1) is 12.8 Å². The van der Waals surface area contributed by atoms with E-state index in [2.05, 4.69) is 15.5 Å². The highest BCUT2D eigenvalue weighted by Gasteiger charge is 2.32. The molecule has 4 rings (SSSR count). The second-order valence-corrected chi connectivity index (χ2v) is 7.23. The lowest BCUT2D eigenvalue weighted by Crippen LogP contribution is -2.41. The van der Waals surface area contributed by atoms with Crippen LogP contribution in [0.4, 0.5) is 10.5 Å². The molecule has 7 nitrogen and oxygen atoms in total. The Balaban J connectivity index is 1.54. The van der Waals surface area contributed by atoms with Gasteiger partial charge in [0.2, 0.25) is 11.7 Å². The molecule has 0 aliphatic carbocycles. The van der Waals surface area contributed by atoms with Crippen LogP contribution in [0.3, 0.4) is 0 Å². The molecule has 2 heterocycles. The van der Waals surface area contributed by atoms with Gasteiger partial charge in [-0.25, -0.2) is 4.79 Å². The van der Waals surface area contributed by atoms with Gasteiger partial charge in [-0.3, -0.25) is 0 Å². The Morgan fingerprint density at radius 2 is 2.00 bits per heavy atom. The van der Waals surface area contributed by atoms with Crippen LogP contribution in [0.2, 0.25) is 5.02 Å². The van der Waals surface area contributed by atoms with Crippen molar-refractivity contribution in [1.82, 2.24) is 15.0 Å². The van der Waals surface area contributed by atoms with Crippen LogP contribution < -0.4 is 10.1 Å². The zero-order valence-electron chi connectivity index (χ0n) is 16.0. The summed E-state index contributed by atoms with van der Waals surface area (Å²) in [5, 5.41) is 7.66. The number of nitrogens with zero attached hydrogens (tertiary/aromatic N) is 3. The number of likely N-dealkylation sites (tertiary alicyclic amines) is 1. The molecule has 1 aliphatic rings. The molecule has 1 aromatic heterocycles. The van der Waals surface area contributed by atoms with Gasteiger partial charge in [-0.1, -0.05) is 28.9 Å². The fourth-order valence-electron chi connectivity index (χ4n) is 3.45. The quantitative estimate of drug-likeness (QED) is 0.640. The molecule has 0 unspecified atom stereocenters. The maximum atomic E-state index is 13.0. The average Bonchev–Trinajstić information content (AvgIpc) is 3.25. The summed E-state index contributed by atoms with van der Waals surface area (Å²) in [7, 11) is 1.57. The highest BCUT2D eigenvalue weighted by molar-refractivity contribution is 6.30. The van der Waals surface area contributed by atoms with E-state index >= 15 is 0 Å². The number of amides is 2. The van der Waals surface area contributed by atoms with E-state index in [1.54, 1.807) is 36.3 Å². The number of aromatic nitrogens is 2. The van der Waals surface area contributed by atoms with E-state index in [0.717, 1.165) is 24.8 Å². The number of rotatable bonds is 4. The molecule has 2 aromatic carbocycles. The minimum atomic E-state index is -0.271. The molecule has 150 valence electrons. The summed E-state index contributed by atoms with van der Waals surface area (Å²) in [5.41, 5.74) is 1.43. The van der Waals surface area contributed by atoms with Crippen molar-refractivity contribution in [3.05, 3.63) is 59.4 Å². The number of halogens is 1. The fraction of sp³-hybridized carbons (Fsp3) is 0.286. The number of para-hydroxylation sites is 2. The van der Waals surface area contributed by atoms with Gasteiger partial charge < -0.3 is 19.5 Å². The topological polar surface area (TPSA) is 80.5 Å². The van der Waals surface area contributed by atoms with Gasteiger partial charge in [-0.2, -0.15) is 4.98 Å². The number of hydrogen-bond acceptors (Lipinski definition) is 5. The van der Waals surface area contributed by atoms with Crippen LogP contribution in [-0.4, -0.2) is 34.7 Å². The van der Waals surface area contributed by atoms with Crippen LogP contribution in [0.15, 0.2) is 53.1 Å². The zero-order chi connectivity index (χ0) is 20.2. The Kier molecular flexibility index (Phi) is 5.67. The van der Waals surface area contributed by atoms with E-state index in [1.807, 2.05) is 24.3 Å². The third-order valence-corrected chi connectivity index (χ3v) is 5.19. The summed E-state index contributed by atoms with van der Waals surface area (Å²) < 4.78 is 10.8. The van der Waals surface area contributed by atoms with Crippen LogP contribution >= 0.6 is 11.6 Å². The van der Waals surface area contributed by atoms with Gasteiger partial charge in [-0.15, -0.1) is 0 Å². The van der Waals surface area contributed by atoms with Crippen LogP contribution in [0.5, 0.6) is 5.75 Å². The minimum Gasteiger partial charge on any atom is -0.495 e. The van der Waals surface area contributed by atoms with Crippen molar-refractivity contribution < 1.29 is 14.1 Å². The van der Waals surface area contributed by atoms with Crippen molar-refractivity contribution in [1.29, 1.82) is 0 Å². The van der Waals surface area contributed by atoms with Crippen LogP contribution in [0, 0.1) is 0 Å². The SMILES string of the molecule is COc1ccccc1NC(=O)N1CCCC[C@@H]1c1nc(-c2ccc(Cl)cc2)no1. The predicted molar refractivity (Wildman–Crippen MR) is 110 cm³/mol. The molecule has 8 heteroatoms. The first kappa shape index (κ1) is 19.3. The molecule has 0 spiro atoms. The predicted octanol–water partition coefficient (Wildman–Crippen LogP) is 5.16. The van der Waals surface area contributed by atoms with Crippen molar-refractivity contribution in [2.45, 2.75) is 25.3 Å². The van der Waals surface area contributed by atoms with Crippen molar-refractivity contribution in [2.24, 2.45) is 0 Å². The van der Waals surface area contributed by atoms with Gasteiger partial charge in [-0.05, 0) is 55.7 Å². The van der Waals surface area contributed by atoms with E-state index < -0.39 is 0 Å². The van der Waals surface area contributed by atoms with Crippen molar-refractivity contribution in [3.63, 3.8) is 0 Å². The second kappa shape index (κ2) is 8.53. The van der Waals surface area contributed by atoms with Gasteiger partial charge >= 0.3 is 6.03 Å². The highest BCUT2D eigenvalue weighted by Crippen LogP contribution is 2.32. The molecule has 0 radical (unpaired) electrons. The molecule has 0 saturated carbocycles. The molecule has 2 amide bonds. The first-order chi connectivity index (χ1) is 14.2. The van der Waals surface area contributed by atoms with Crippen LogP contribution in [0.1, 0.15) is 31.2 Å². The van der Waals surface area contributed by atoms with E-state index in [4.69, 9.17) is 20.9 Å². The smallest absolute Gasteiger partial charge is 0.322 e. The van der Waals surface area contributed by atoms with E-state index in [9.17, 15) is 4.79 Å². The summed E-state index contributed by atoms with van der Waals surface area (Å²) in [4.78, 5) is 19.3. The Morgan fingerprint density at radius 3 is 2.79 bits per heavy atom. The number of ether oxygens (including phenoxy) is 1. The normalized spacial score (nSPS) is 16.5. The first-order valence-electron chi connectivity index (χ1n) is 9.46. The largest absolute Gasteiger partial charge is 0.495 e. The summed E-state index contributed by atoms with van der Waals surface area (Å²) in [5.74, 6) is 1.52. The van der Waals surface area contributed by atoms with Gasteiger partial charge in [0, 0.05) is 17.1 Å². The Labute approximate surface area is 173 Å². The van der Waals surface area contributed by atoms with Gasteiger partial charge in [0.25, 0.3) is 0 Å². The number of urea groups is 1. The number of carbonyl (C=O) groups is 1. The molecule has 1 aliphatic heterocycles. The van der Waals surface area contributed by atoms with E-state index in [-0.39, 0.29) is 12.1 Å². The first-order valence-corrected chi connectivity index (χ1v) is 9.83. The number of nitrogens with one attached hydrogen (secondary N) is 1. The lowest BCUT2D eigenvalue weighted by Gasteiger charge is -2.33. The molecule has 3 aromatic rings. The van der Waals surface area contributed by atoms with Crippen molar-refractivity contribution in [3.8, 4) is 17.1 Å². The summed E-state index contributed by atoms with van der Waals surface area (Å²) in [6.45, 7) is 0.615. The zero-order valence-corrected chi connectivity index (χ0v) is 16.7. The number of hydrogen-bond donors (Lipinski definition) is 1. The molecule has 1 N–H and O–H groups in total. The number of methoxy groups -OCH3 is 1. The lowest BCUT2D eigenvalue weighted by atomic mass is 10.0. The molecule has 1 saturated heterocycles. The average molecular weight is 413 g/mol. The highest BCUT2D eigenvalue weighted by atomic mass is 35.5. The number of carbonyl (C=O) groups excluding carboxylic acids is 1. The van der Waals surface area contributed by atoms with Crippen molar-refractivity contribution in [2.75, 3.05) is 19.0 Å². The third kappa shape index (κ3) is 4.19. The van der Waals surface area contributed by atoms with Crippen LogP contribution in [-0.2, 0) is 0 Å². The maximum Gasteiger partial charge on any atom is 0.322 e. The maximum absolute atomic E-state index is 13.0. The minimum absolute atomic E-state index is 0.217. The Morgan fingerprint density at radius 1 is 1.21 bits per heavy atom. The Hall–Kier alpha value is -3.06. The summed E-state index contributed by atoms with van der Waals surface area (Å²) in [6, 6.07) is 14.1. The third-order valence-electron chi connectivity index (χ3n) is 4.94. The van der Waals surface area contributed by atoms with Gasteiger partial charge in [0.1, 0.15) is 11.8 Å². The Bertz CT molecular complexity index is 990. The standard InChI is InChI=1S/C21H21ClN4O3/c1-28-18-8-3-2-6-16(18)23-21(27)26-13-5-4-7-17(26)20-24-19(25-29-20)14-9-11-15(22)12-10-14/h2-3,6,8-12,17H,4-5,7,13H2,1H3,(H,23,27)/t17-/m1/s1. The van der Waals surface area contributed by atoms with Crippen LogP contribution in [0.25, 0.3) is 11.4 Å². The molecular weight excluding hydrogens is 392 g/mol. The lowest BCUT2D eigenvalue weighted by molar-refractivity contribution is 0.142. The number of piperidine rings is 1. The number of benzene rings is 2. The fourth-order valence-corrected chi connectivity index (χ4v) is 3.58. The summed E-state index contributed by atoms with van der Waals surface area (Å²) >= 11 is 5.94. The molecule has 29 heavy (non-hydrogen) atoms. The second-order valence-electron chi connectivity index (χ2n) is 6.80. The molecule has 1 atom stereocenters. The summed E-state index contributed by atoms with van der Waals surface area (Å²) in [6.07, 6.45) is 2.68. The number of anilines is 1.